The van der Waals surface area contributed by atoms with Crippen LogP contribution < -0.4 is 9.47 Å². The number of nitrogens with zero attached hydrogens (tertiary/aromatic N) is 1. The first-order valence-electron chi connectivity index (χ1n) is 5.72. The first-order valence-corrected chi connectivity index (χ1v) is 6.25. The quantitative estimate of drug-likeness (QED) is 0.333. The molecule has 0 aromatic heterocycles. The van der Waals surface area contributed by atoms with Crippen molar-refractivity contribution in [3.63, 3.8) is 0 Å². The predicted octanol–water partition coefficient (Wildman–Crippen LogP) is 2.81. The summed E-state index contributed by atoms with van der Waals surface area (Å²) in [5.41, 5.74) is -0.189. The molecule has 0 atom stereocenters. The average Bonchev–Trinajstić information content (AvgIpc) is 2.38. The Kier molecular flexibility index (Phi) is 5.57. The highest BCUT2D eigenvalue weighted by Crippen LogP contribution is 2.35. The van der Waals surface area contributed by atoms with Crippen molar-refractivity contribution in [3.8, 4) is 11.5 Å². The molecule has 0 fully saturated rings. The van der Waals surface area contributed by atoms with Gasteiger partial charge in [0, 0.05) is 12.1 Å². The van der Waals surface area contributed by atoms with Gasteiger partial charge >= 0.3 is 5.69 Å². The molecule has 0 heterocycles. The summed E-state index contributed by atoms with van der Waals surface area (Å²) in [4.78, 5) is 22.0. The molecule has 1 rings (SSSR count). The number of halogens is 1. The van der Waals surface area contributed by atoms with E-state index in [1.54, 1.807) is 13.8 Å². The van der Waals surface area contributed by atoms with Gasteiger partial charge in [-0.2, -0.15) is 0 Å². The average molecular weight is 288 g/mol. The van der Waals surface area contributed by atoms with E-state index < -0.39 is 10.7 Å². The van der Waals surface area contributed by atoms with Gasteiger partial charge in [0.2, 0.25) is 5.75 Å². The first kappa shape index (κ1) is 15.2. The monoisotopic (exact) mass is 287 g/mol. The van der Waals surface area contributed by atoms with Crippen LogP contribution in [-0.2, 0) is 0 Å². The number of hydrogen-bond acceptors (Lipinski definition) is 5. The maximum absolute atomic E-state index is 11.7. The molecule has 0 unspecified atom stereocenters. The van der Waals surface area contributed by atoms with Crippen molar-refractivity contribution in [3.05, 3.63) is 27.8 Å². The highest BCUT2D eigenvalue weighted by atomic mass is 35.5. The molecule has 0 amide bonds. The van der Waals surface area contributed by atoms with Crippen molar-refractivity contribution >= 4 is 23.1 Å². The Balaban J connectivity index is 3.40. The molecule has 0 bridgehead atoms. The molecule has 104 valence electrons. The summed E-state index contributed by atoms with van der Waals surface area (Å²) in [6.07, 6.45) is 0. The van der Waals surface area contributed by atoms with Crippen LogP contribution in [0.15, 0.2) is 12.1 Å². The lowest BCUT2D eigenvalue weighted by atomic mass is 10.1. The third kappa shape index (κ3) is 3.57. The van der Waals surface area contributed by atoms with E-state index >= 15 is 0 Å². The SMILES string of the molecule is CCOc1cc(OCC)c([N+](=O)[O-])cc1C(=O)CCl. The van der Waals surface area contributed by atoms with Crippen LogP contribution in [0, 0.1) is 10.1 Å². The van der Waals surface area contributed by atoms with Crippen LogP contribution in [0.25, 0.3) is 0 Å². The molecule has 0 aliphatic carbocycles. The predicted molar refractivity (Wildman–Crippen MR) is 70.5 cm³/mol. The molecule has 1 aromatic carbocycles. The number of Topliss-reactive ketones (excluding diaryl/α,β-unsaturated/α-hetero) is 1. The minimum atomic E-state index is -0.605. The van der Waals surface area contributed by atoms with E-state index in [4.69, 9.17) is 21.1 Å². The minimum Gasteiger partial charge on any atom is -0.493 e. The molecule has 0 saturated heterocycles. The summed E-state index contributed by atoms with van der Waals surface area (Å²) in [6.45, 7) is 4.06. The number of ketones is 1. The number of benzene rings is 1. The summed E-state index contributed by atoms with van der Waals surface area (Å²) in [5.74, 6) is -0.397. The molecule has 6 nitrogen and oxygen atoms in total. The van der Waals surface area contributed by atoms with Gasteiger partial charge in [-0.1, -0.05) is 0 Å². The van der Waals surface area contributed by atoms with E-state index in [0.29, 0.717) is 6.61 Å². The van der Waals surface area contributed by atoms with Crippen LogP contribution >= 0.6 is 11.6 Å². The molecule has 0 saturated carbocycles. The molecule has 0 spiro atoms. The lowest BCUT2D eigenvalue weighted by molar-refractivity contribution is -0.385. The second kappa shape index (κ2) is 6.94. The largest absolute Gasteiger partial charge is 0.493 e. The van der Waals surface area contributed by atoms with Crippen molar-refractivity contribution < 1.29 is 19.2 Å². The Morgan fingerprint density at radius 3 is 2.32 bits per heavy atom. The maximum Gasteiger partial charge on any atom is 0.311 e. The van der Waals surface area contributed by atoms with Crippen LogP contribution in [-0.4, -0.2) is 29.8 Å². The van der Waals surface area contributed by atoms with Crippen LogP contribution in [0.5, 0.6) is 11.5 Å². The second-order valence-corrected chi connectivity index (χ2v) is 3.76. The zero-order valence-corrected chi connectivity index (χ0v) is 11.4. The smallest absolute Gasteiger partial charge is 0.311 e. The molecule has 19 heavy (non-hydrogen) atoms. The Morgan fingerprint density at radius 2 is 1.84 bits per heavy atom. The maximum atomic E-state index is 11.7. The Bertz CT molecular complexity index is 489. The van der Waals surface area contributed by atoms with Crippen molar-refractivity contribution in [2.75, 3.05) is 19.1 Å². The van der Waals surface area contributed by atoms with Crippen molar-refractivity contribution in [2.45, 2.75) is 13.8 Å². The highest BCUT2D eigenvalue weighted by molar-refractivity contribution is 6.30. The third-order valence-electron chi connectivity index (χ3n) is 2.28. The number of alkyl halides is 1. The third-order valence-corrected chi connectivity index (χ3v) is 2.52. The van der Waals surface area contributed by atoms with Crippen molar-refractivity contribution in [1.29, 1.82) is 0 Å². The molecular weight excluding hydrogens is 274 g/mol. The van der Waals surface area contributed by atoms with Gasteiger partial charge < -0.3 is 9.47 Å². The Hall–Kier alpha value is -1.82. The minimum absolute atomic E-state index is 0.0714. The van der Waals surface area contributed by atoms with E-state index in [0.717, 1.165) is 6.07 Å². The fourth-order valence-electron chi connectivity index (χ4n) is 1.53. The topological polar surface area (TPSA) is 78.7 Å². The van der Waals surface area contributed by atoms with Crippen LogP contribution in [0.3, 0.4) is 0 Å². The summed E-state index contributed by atoms with van der Waals surface area (Å²) < 4.78 is 10.5. The summed E-state index contributed by atoms with van der Waals surface area (Å²) in [7, 11) is 0. The second-order valence-electron chi connectivity index (χ2n) is 3.50. The van der Waals surface area contributed by atoms with Gasteiger partial charge in [0.1, 0.15) is 5.75 Å². The van der Waals surface area contributed by atoms with Crippen molar-refractivity contribution in [1.82, 2.24) is 0 Å². The van der Waals surface area contributed by atoms with E-state index in [1.165, 1.54) is 6.07 Å². The first-order chi connectivity index (χ1) is 9.04. The fourth-order valence-corrected chi connectivity index (χ4v) is 1.67. The summed E-state index contributed by atoms with van der Waals surface area (Å²) in [6, 6.07) is 2.49. The van der Waals surface area contributed by atoms with E-state index in [-0.39, 0.29) is 35.2 Å². The van der Waals surface area contributed by atoms with Gasteiger partial charge in [0.05, 0.1) is 29.6 Å². The number of hydrogen-bond donors (Lipinski definition) is 0. The standard InChI is InChI=1S/C12H14ClNO5/c1-3-18-11-6-12(19-4-2)9(14(16)17)5-8(11)10(15)7-13/h5-6H,3-4,7H2,1-2H3. The Morgan fingerprint density at radius 1 is 1.26 bits per heavy atom. The van der Waals surface area contributed by atoms with Crippen molar-refractivity contribution in [2.24, 2.45) is 0 Å². The van der Waals surface area contributed by atoms with E-state index in [2.05, 4.69) is 0 Å². The summed E-state index contributed by atoms with van der Waals surface area (Å²) >= 11 is 5.49. The lowest BCUT2D eigenvalue weighted by Gasteiger charge is -2.11. The molecule has 1 aromatic rings. The number of ether oxygens (including phenoxy) is 2. The zero-order chi connectivity index (χ0) is 14.4. The van der Waals surface area contributed by atoms with Gasteiger partial charge in [-0.15, -0.1) is 11.6 Å². The van der Waals surface area contributed by atoms with Crippen LogP contribution in [0.2, 0.25) is 0 Å². The van der Waals surface area contributed by atoms with E-state index in [1.807, 2.05) is 0 Å². The number of carbonyl (C=O) groups is 1. The van der Waals surface area contributed by atoms with Gasteiger partial charge in [0.15, 0.2) is 5.78 Å². The zero-order valence-electron chi connectivity index (χ0n) is 10.6. The molecular formula is C12H14ClNO5. The van der Waals surface area contributed by atoms with Gasteiger partial charge in [-0.05, 0) is 13.8 Å². The number of nitro benzene ring substituents is 1. The fraction of sp³-hybridized carbons (Fsp3) is 0.417. The normalized spacial score (nSPS) is 10.1. The van der Waals surface area contributed by atoms with E-state index in [9.17, 15) is 14.9 Å². The van der Waals surface area contributed by atoms with Gasteiger partial charge in [0.25, 0.3) is 0 Å². The number of carbonyl (C=O) groups excluding carboxylic acids is 1. The molecule has 0 aliphatic heterocycles. The summed E-state index contributed by atoms with van der Waals surface area (Å²) in [5, 5.41) is 11.0. The highest BCUT2D eigenvalue weighted by Gasteiger charge is 2.23. The molecule has 0 N–H and O–H groups in total. The van der Waals surface area contributed by atoms with Crippen LogP contribution in [0.4, 0.5) is 5.69 Å². The van der Waals surface area contributed by atoms with Gasteiger partial charge in [-0.25, -0.2) is 0 Å². The molecule has 7 heteroatoms. The number of rotatable bonds is 7. The molecule has 0 radical (unpaired) electrons. The van der Waals surface area contributed by atoms with Gasteiger partial charge in [-0.3, -0.25) is 14.9 Å². The number of nitro groups is 1. The van der Waals surface area contributed by atoms with Crippen LogP contribution in [0.1, 0.15) is 24.2 Å². The Labute approximate surface area is 115 Å². The molecule has 0 aliphatic rings. The lowest BCUT2D eigenvalue weighted by Crippen LogP contribution is -2.07.